The zero-order valence-electron chi connectivity index (χ0n) is 31.2. The van der Waals surface area contributed by atoms with E-state index in [1.54, 1.807) is 6.08 Å². The van der Waals surface area contributed by atoms with E-state index in [0.717, 1.165) is 72.0 Å². The highest BCUT2D eigenvalue weighted by Crippen LogP contribution is 2.41. The molecule has 1 aromatic heterocycles. The van der Waals surface area contributed by atoms with Crippen molar-refractivity contribution in [1.82, 2.24) is 0 Å². The minimum absolute atomic E-state index is 0.536. The first-order valence-corrected chi connectivity index (χ1v) is 19.1. The molecule has 0 bridgehead atoms. The van der Waals surface area contributed by atoms with Gasteiger partial charge in [-0.1, -0.05) is 183 Å². The third-order valence-corrected chi connectivity index (χ3v) is 10.8. The van der Waals surface area contributed by atoms with Crippen LogP contribution in [0, 0.1) is 0 Å². The molecular weight excluding hydrogens is 693 g/mol. The molecule has 1 heterocycles. The summed E-state index contributed by atoms with van der Waals surface area (Å²) < 4.78 is 6.69. The van der Waals surface area contributed by atoms with Gasteiger partial charge in [0.2, 0.25) is 0 Å². The van der Waals surface area contributed by atoms with Crippen molar-refractivity contribution in [3.05, 3.63) is 224 Å². The molecule has 268 valence electrons. The lowest BCUT2D eigenvalue weighted by Crippen LogP contribution is -2.05. The summed E-state index contributed by atoms with van der Waals surface area (Å²) in [4.78, 5) is 10.5. The smallest absolute Gasteiger partial charge is 0.160 e. The molecule has 0 spiro atoms. The quantitative estimate of drug-likeness (QED) is 0.119. The second kappa shape index (κ2) is 14.2. The minimum Gasteiger partial charge on any atom is -0.455 e. The van der Waals surface area contributed by atoms with Crippen molar-refractivity contribution >= 4 is 71.5 Å². The Kier molecular flexibility index (Phi) is 8.46. The van der Waals surface area contributed by atoms with Crippen molar-refractivity contribution in [2.24, 2.45) is 9.98 Å². The van der Waals surface area contributed by atoms with Crippen LogP contribution in [0.15, 0.2) is 222 Å². The van der Waals surface area contributed by atoms with Crippen LogP contribution < -0.4 is 0 Å². The fraction of sp³-hybridized carbons (Fsp3) is 0. The highest BCUT2D eigenvalue weighted by atomic mass is 16.3. The number of amidine groups is 1. The predicted octanol–water partition coefficient (Wildman–Crippen LogP) is 14.5. The summed E-state index contributed by atoms with van der Waals surface area (Å²) in [6.45, 7) is 8.74. The van der Waals surface area contributed by atoms with Gasteiger partial charge in [-0.3, -0.25) is 0 Å². The fourth-order valence-electron chi connectivity index (χ4n) is 7.97. The van der Waals surface area contributed by atoms with Crippen LogP contribution >= 0.6 is 0 Å². The monoisotopic (exact) mass is 728 g/mol. The third kappa shape index (κ3) is 6.22. The molecule has 57 heavy (non-hydrogen) atoms. The maximum atomic E-state index is 6.69. The average Bonchev–Trinajstić information content (AvgIpc) is 3.67. The number of nitrogens with zero attached hydrogens (tertiary/aromatic N) is 2. The van der Waals surface area contributed by atoms with Gasteiger partial charge in [-0.05, 0) is 73.3 Å². The van der Waals surface area contributed by atoms with Crippen molar-refractivity contribution in [3.8, 4) is 22.3 Å². The Morgan fingerprint density at radius 1 is 0.474 bits per heavy atom. The highest BCUT2D eigenvalue weighted by Gasteiger charge is 2.18. The first-order valence-electron chi connectivity index (χ1n) is 19.1. The van der Waals surface area contributed by atoms with E-state index in [0.29, 0.717) is 11.5 Å². The van der Waals surface area contributed by atoms with Gasteiger partial charge in [0.1, 0.15) is 11.2 Å². The molecule has 0 unspecified atom stereocenters. The lowest BCUT2D eigenvalue weighted by molar-refractivity contribution is 0.670. The maximum Gasteiger partial charge on any atom is 0.160 e. The Morgan fingerprint density at radius 3 is 1.86 bits per heavy atom. The van der Waals surface area contributed by atoms with Gasteiger partial charge in [0, 0.05) is 33.0 Å². The van der Waals surface area contributed by atoms with Gasteiger partial charge < -0.3 is 4.42 Å². The number of rotatable bonds is 7. The molecule has 0 fully saturated rings. The van der Waals surface area contributed by atoms with Gasteiger partial charge >= 0.3 is 0 Å². The summed E-state index contributed by atoms with van der Waals surface area (Å²) >= 11 is 0. The zero-order chi connectivity index (χ0) is 38.3. The summed E-state index contributed by atoms with van der Waals surface area (Å²) in [5.74, 6) is 0.536. The molecule has 0 saturated carbocycles. The molecule has 0 amide bonds. The fourth-order valence-corrected chi connectivity index (χ4v) is 7.97. The summed E-state index contributed by atoms with van der Waals surface area (Å²) in [6.07, 6.45) is 1.80. The van der Waals surface area contributed by atoms with E-state index in [9.17, 15) is 0 Å². The van der Waals surface area contributed by atoms with Gasteiger partial charge in [-0.25, -0.2) is 9.98 Å². The molecule has 0 aliphatic carbocycles. The predicted molar refractivity (Wildman–Crippen MR) is 242 cm³/mol. The second-order valence-electron chi connectivity index (χ2n) is 14.3. The van der Waals surface area contributed by atoms with Crippen molar-refractivity contribution in [2.45, 2.75) is 0 Å². The second-order valence-corrected chi connectivity index (χ2v) is 14.3. The molecule has 3 heteroatoms. The number of para-hydroxylation sites is 1. The van der Waals surface area contributed by atoms with Gasteiger partial charge in [0.05, 0.1) is 11.4 Å². The number of benzene rings is 9. The normalized spacial score (nSPS) is 12.2. The largest absolute Gasteiger partial charge is 0.455 e. The van der Waals surface area contributed by atoms with Gasteiger partial charge in [0.25, 0.3) is 0 Å². The molecule has 10 aromatic rings. The standard InChI is InChI=1S/C54H36N2O/c1-3-50(44-32-28-37-14-5-7-17-42(37)34-44)56-54(40-29-25-38(26-30-40)43-31-27-36-13-4-6-16-41(36)33-43)55-35(2)45-20-12-24-51-52(45)49-23-11-22-48(53(49)57-51)47-21-10-18-39-15-8-9-19-46(39)47/h3-34H,1-2H2. The number of aliphatic imine (C=N–C) groups is 2. The Bertz CT molecular complexity index is 3270. The van der Waals surface area contributed by atoms with E-state index in [1.807, 2.05) is 12.1 Å². The zero-order valence-corrected chi connectivity index (χ0v) is 31.2. The molecule has 0 aliphatic heterocycles. The van der Waals surface area contributed by atoms with E-state index in [4.69, 9.17) is 14.4 Å². The molecule has 0 atom stereocenters. The van der Waals surface area contributed by atoms with Gasteiger partial charge in [-0.2, -0.15) is 0 Å². The molecule has 3 nitrogen and oxygen atoms in total. The SMILES string of the molecule is C=CC(=NC(=NC(=C)c1cccc2oc3c(-c4cccc5ccccc45)cccc3c12)c1ccc(-c2ccc3ccccc3c2)cc1)c1ccc2ccccc2c1. The van der Waals surface area contributed by atoms with Crippen molar-refractivity contribution in [1.29, 1.82) is 0 Å². The molecule has 10 rings (SSSR count). The summed E-state index contributed by atoms with van der Waals surface area (Å²) in [5, 5.41) is 9.07. The van der Waals surface area contributed by atoms with Crippen LogP contribution in [0.1, 0.15) is 16.7 Å². The molecule has 0 saturated heterocycles. The highest BCUT2D eigenvalue weighted by molar-refractivity contribution is 6.19. The lowest BCUT2D eigenvalue weighted by atomic mass is 9.96. The summed E-state index contributed by atoms with van der Waals surface area (Å²) in [6, 6.07) is 65.5. The first-order chi connectivity index (χ1) is 28.1. The number of hydrogen-bond donors (Lipinski definition) is 0. The van der Waals surface area contributed by atoms with E-state index < -0.39 is 0 Å². The summed E-state index contributed by atoms with van der Waals surface area (Å²) in [5.41, 5.74) is 10.1. The van der Waals surface area contributed by atoms with Crippen LogP contribution in [-0.4, -0.2) is 11.5 Å². The Morgan fingerprint density at radius 2 is 1.07 bits per heavy atom. The van der Waals surface area contributed by atoms with Gasteiger partial charge in [0.15, 0.2) is 5.84 Å². The van der Waals surface area contributed by atoms with E-state index in [-0.39, 0.29) is 0 Å². The van der Waals surface area contributed by atoms with Crippen LogP contribution in [0.4, 0.5) is 0 Å². The van der Waals surface area contributed by atoms with Crippen molar-refractivity contribution in [3.63, 3.8) is 0 Å². The lowest BCUT2D eigenvalue weighted by Gasteiger charge is -2.10. The molecule has 0 radical (unpaired) electrons. The number of allylic oxidation sites excluding steroid dienone is 1. The number of furan rings is 1. The van der Waals surface area contributed by atoms with Gasteiger partial charge in [-0.15, -0.1) is 0 Å². The average molecular weight is 729 g/mol. The Balaban J connectivity index is 1.11. The molecule has 0 aliphatic rings. The van der Waals surface area contributed by atoms with Crippen molar-refractivity contribution < 1.29 is 4.42 Å². The topological polar surface area (TPSA) is 37.9 Å². The minimum atomic E-state index is 0.536. The van der Waals surface area contributed by atoms with Crippen LogP contribution in [0.3, 0.4) is 0 Å². The third-order valence-electron chi connectivity index (χ3n) is 10.8. The van der Waals surface area contributed by atoms with Crippen LogP contribution in [0.25, 0.3) is 82.2 Å². The number of fused-ring (bicyclic) bond motifs is 6. The molecule has 9 aromatic carbocycles. The molecular formula is C54H36N2O. The van der Waals surface area contributed by atoms with E-state index >= 15 is 0 Å². The van der Waals surface area contributed by atoms with E-state index in [1.165, 1.54) is 26.9 Å². The maximum absolute atomic E-state index is 6.69. The Hall–Kier alpha value is -7.62. The van der Waals surface area contributed by atoms with E-state index in [2.05, 4.69) is 189 Å². The van der Waals surface area contributed by atoms with Crippen molar-refractivity contribution in [2.75, 3.05) is 0 Å². The molecule has 0 N–H and O–H groups in total. The Labute approximate surface area is 330 Å². The van der Waals surface area contributed by atoms with Crippen LogP contribution in [0.5, 0.6) is 0 Å². The summed E-state index contributed by atoms with van der Waals surface area (Å²) in [7, 11) is 0. The first kappa shape index (κ1) is 33.9. The number of hydrogen-bond acceptors (Lipinski definition) is 2. The van der Waals surface area contributed by atoms with Crippen LogP contribution in [-0.2, 0) is 0 Å². The van der Waals surface area contributed by atoms with Crippen LogP contribution in [0.2, 0.25) is 0 Å².